The lowest BCUT2D eigenvalue weighted by molar-refractivity contribution is 0.377. The predicted molar refractivity (Wildman–Crippen MR) is 63.0 cm³/mol. The molecule has 0 aromatic carbocycles. The molecular weight excluding hydrogens is 244 g/mol. The Morgan fingerprint density at radius 2 is 2.18 bits per heavy atom. The Kier molecular flexibility index (Phi) is 6.09. The van der Waals surface area contributed by atoms with E-state index in [-0.39, 0.29) is 12.3 Å². The summed E-state index contributed by atoms with van der Waals surface area (Å²) in [5, 5.41) is 6.41. The summed E-state index contributed by atoms with van der Waals surface area (Å²) in [6.07, 6.45) is 3.20. The van der Waals surface area contributed by atoms with Crippen molar-refractivity contribution in [3.05, 3.63) is 12.2 Å². The number of nitrogens with one attached hydrogen (secondary N) is 2. The van der Waals surface area contributed by atoms with Gasteiger partial charge in [0.25, 0.3) is 0 Å². The van der Waals surface area contributed by atoms with E-state index in [2.05, 4.69) is 20.2 Å². The summed E-state index contributed by atoms with van der Waals surface area (Å²) in [5.74, 6) is 0.585. The summed E-state index contributed by atoms with van der Waals surface area (Å²) in [4.78, 5) is 3.80. The van der Waals surface area contributed by atoms with Gasteiger partial charge in [-0.15, -0.1) is 0 Å². The van der Waals surface area contributed by atoms with E-state index in [9.17, 15) is 8.42 Å². The van der Waals surface area contributed by atoms with Crippen molar-refractivity contribution in [2.45, 2.75) is 19.3 Å². The highest BCUT2D eigenvalue weighted by Gasteiger charge is 2.09. The minimum Gasteiger partial charge on any atom is -0.340 e. The van der Waals surface area contributed by atoms with Crippen LogP contribution >= 0.6 is 0 Å². The highest BCUT2D eigenvalue weighted by Crippen LogP contribution is 1.95. The lowest BCUT2D eigenvalue weighted by Crippen LogP contribution is -2.28. The number of rotatable bonds is 9. The molecule has 8 heteroatoms. The van der Waals surface area contributed by atoms with Crippen molar-refractivity contribution in [1.29, 1.82) is 0 Å². The molecule has 1 rings (SSSR count). The molecule has 17 heavy (non-hydrogen) atoms. The SMILES string of the molecule is CNCCCCS(=O)(=O)NCCc1ncno1. The van der Waals surface area contributed by atoms with Gasteiger partial charge in [-0.25, -0.2) is 13.1 Å². The Morgan fingerprint density at radius 1 is 1.35 bits per heavy atom. The summed E-state index contributed by atoms with van der Waals surface area (Å²) in [7, 11) is -1.34. The van der Waals surface area contributed by atoms with Crippen molar-refractivity contribution in [2.75, 3.05) is 25.9 Å². The van der Waals surface area contributed by atoms with Gasteiger partial charge in [0.2, 0.25) is 15.9 Å². The standard InChI is InChI=1S/C9H18N4O3S/c1-10-5-2-3-7-17(14,15)13-6-4-9-11-8-12-16-9/h8,10,13H,2-7H2,1H3. The van der Waals surface area contributed by atoms with Gasteiger partial charge in [-0.2, -0.15) is 4.98 Å². The molecule has 0 unspecified atom stereocenters. The molecule has 0 aliphatic carbocycles. The molecule has 1 heterocycles. The van der Waals surface area contributed by atoms with E-state index in [0.717, 1.165) is 13.0 Å². The zero-order valence-electron chi connectivity index (χ0n) is 9.85. The Balaban J connectivity index is 2.16. The van der Waals surface area contributed by atoms with E-state index in [0.29, 0.717) is 18.7 Å². The third kappa shape index (κ3) is 6.35. The van der Waals surface area contributed by atoms with Crippen molar-refractivity contribution in [1.82, 2.24) is 20.2 Å². The van der Waals surface area contributed by atoms with Crippen LogP contribution in [0.5, 0.6) is 0 Å². The molecule has 2 N–H and O–H groups in total. The molecule has 98 valence electrons. The Labute approximate surface area is 101 Å². The van der Waals surface area contributed by atoms with E-state index in [4.69, 9.17) is 4.52 Å². The van der Waals surface area contributed by atoms with Crippen LogP contribution in [-0.2, 0) is 16.4 Å². The predicted octanol–water partition coefficient (Wildman–Crippen LogP) is -0.469. The molecule has 0 saturated carbocycles. The second-order valence-corrected chi connectivity index (χ2v) is 5.54. The van der Waals surface area contributed by atoms with Gasteiger partial charge in [0.1, 0.15) is 0 Å². The fraction of sp³-hybridized carbons (Fsp3) is 0.778. The third-order valence-electron chi connectivity index (χ3n) is 2.16. The van der Waals surface area contributed by atoms with Gasteiger partial charge in [0, 0.05) is 13.0 Å². The maximum absolute atomic E-state index is 11.5. The maximum Gasteiger partial charge on any atom is 0.227 e. The Bertz CT molecular complexity index is 390. The highest BCUT2D eigenvalue weighted by molar-refractivity contribution is 7.89. The van der Waals surface area contributed by atoms with Crippen molar-refractivity contribution >= 4 is 10.0 Å². The van der Waals surface area contributed by atoms with Gasteiger partial charge < -0.3 is 9.84 Å². The van der Waals surface area contributed by atoms with Crippen LogP contribution in [0, 0.1) is 0 Å². The molecule has 0 aliphatic rings. The molecule has 7 nitrogen and oxygen atoms in total. The van der Waals surface area contributed by atoms with E-state index < -0.39 is 10.0 Å². The molecule has 0 amide bonds. The fourth-order valence-electron chi connectivity index (χ4n) is 1.29. The van der Waals surface area contributed by atoms with Crippen molar-refractivity contribution in [2.24, 2.45) is 0 Å². The summed E-state index contributed by atoms with van der Waals surface area (Å²) in [6.45, 7) is 1.12. The van der Waals surface area contributed by atoms with Crippen LogP contribution in [0.15, 0.2) is 10.9 Å². The van der Waals surface area contributed by atoms with Crippen molar-refractivity contribution in [3.63, 3.8) is 0 Å². The van der Waals surface area contributed by atoms with E-state index in [1.165, 1.54) is 6.33 Å². The Morgan fingerprint density at radius 3 is 2.82 bits per heavy atom. The Hall–Kier alpha value is -0.990. The first kappa shape index (κ1) is 14.1. The van der Waals surface area contributed by atoms with Gasteiger partial charge in [-0.3, -0.25) is 0 Å². The first-order valence-electron chi connectivity index (χ1n) is 5.51. The summed E-state index contributed by atoms with van der Waals surface area (Å²) in [5.41, 5.74) is 0. The molecule has 0 aliphatic heterocycles. The van der Waals surface area contributed by atoms with Crippen LogP contribution in [0.3, 0.4) is 0 Å². The molecule has 0 radical (unpaired) electrons. The second kappa shape index (κ2) is 7.36. The largest absolute Gasteiger partial charge is 0.340 e. The van der Waals surface area contributed by atoms with E-state index in [1.54, 1.807) is 0 Å². The number of nitrogens with zero attached hydrogens (tertiary/aromatic N) is 2. The highest BCUT2D eigenvalue weighted by atomic mass is 32.2. The molecule has 0 spiro atoms. The summed E-state index contributed by atoms with van der Waals surface area (Å²) in [6, 6.07) is 0. The van der Waals surface area contributed by atoms with Gasteiger partial charge in [-0.05, 0) is 26.4 Å². The van der Waals surface area contributed by atoms with E-state index in [1.807, 2.05) is 7.05 Å². The van der Waals surface area contributed by atoms with Crippen LogP contribution in [-0.4, -0.2) is 44.4 Å². The van der Waals surface area contributed by atoms with Gasteiger partial charge in [-0.1, -0.05) is 5.16 Å². The summed E-state index contributed by atoms with van der Waals surface area (Å²) < 4.78 is 30.3. The third-order valence-corrected chi connectivity index (χ3v) is 3.63. The number of hydrogen-bond acceptors (Lipinski definition) is 6. The summed E-state index contributed by atoms with van der Waals surface area (Å²) >= 11 is 0. The quantitative estimate of drug-likeness (QED) is 0.584. The monoisotopic (exact) mass is 262 g/mol. The average molecular weight is 262 g/mol. The number of unbranched alkanes of at least 4 members (excludes halogenated alkanes) is 1. The average Bonchev–Trinajstić information content (AvgIpc) is 2.77. The molecule has 0 atom stereocenters. The number of hydrogen-bond donors (Lipinski definition) is 2. The molecule has 0 bridgehead atoms. The topological polar surface area (TPSA) is 97.1 Å². The first-order chi connectivity index (χ1) is 8.14. The minimum absolute atomic E-state index is 0.151. The van der Waals surface area contributed by atoms with Crippen LogP contribution in [0.4, 0.5) is 0 Å². The fourth-order valence-corrected chi connectivity index (χ4v) is 2.43. The molecule has 1 aromatic rings. The maximum atomic E-state index is 11.5. The lowest BCUT2D eigenvalue weighted by atomic mass is 10.3. The number of aromatic nitrogens is 2. The van der Waals surface area contributed by atoms with Gasteiger partial charge >= 0.3 is 0 Å². The molecule has 1 aromatic heterocycles. The van der Waals surface area contributed by atoms with Crippen LogP contribution < -0.4 is 10.0 Å². The minimum atomic E-state index is -3.18. The second-order valence-electron chi connectivity index (χ2n) is 3.61. The molecule has 0 saturated heterocycles. The van der Waals surface area contributed by atoms with Gasteiger partial charge in [0.05, 0.1) is 5.75 Å². The first-order valence-corrected chi connectivity index (χ1v) is 7.17. The van der Waals surface area contributed by atoms with E-state index >= 15 is 0 Å². The lowest BCUT2D eigenvalue weighted by Gasteiger charge is -2.05. The molecular formula is C9H18N4O3S. The van der Waals surface area contributed by atoms with Crippen LogP contribution in [0.1, 0.15) is 18.7 Å². The van der Waals surface area contributed by atoms with Crippen molar-refractivity contribution < 1.29 is 12.9 Å². The normalized spacial score (nSPS) is 11.8. The van der Waals surface area contributed by atoms with Crippen LogP contribution in [0.25, 0.3) is 0 Å². The zero-order valence-corrected chi connectivity index (χ0v) is 10.7. The van der Waals surface area contributed by atoms with Crippen molar-refractivity contribution in [3.8, 4) is 0 Å². The zero-order chi connectivity index (χ0) is 12.6. The smallest absolute Gasteiger partial charge is 0.227 e. The molecule has 0 fully saturated rings. The van der Waals surface area contributed by atoms with Gasteiger partial charge in [0.15, 0.2) is 6.33 Å². The number of sulfonamides is 1. The van der Waals surface area contributed by atoms with Crippen LogP contribution in [0.2, 0.25) is 0 Å².